The molecule has 0 aromatic carbocycles. The number of H-pyrrole nitrogens is 2. The minimum atomic E-state index is -0.0627. The summed E-state index contributed by atoms with van der Waals surface area (Å²) in [6, 6.07) is 0. The van der Waals surface area contributed by atoms with Gasteiger partial charge in [0.1, 0.15) is 0 Å². The Morgan fingerprint density at radius 1 is 1.20 bits per heavy atom. The summed E-state index contributed by atoms with van der Waals surface area (Å²) < 4.78 is 0. The van der Waals surface area contributed by atoms with Crippen molar-refractivity contribution in [3.8, 4) is 0 Å². The third-order valence-electron chi connectivity index (χ3n) is 3.11. The van der Waals surface area contributed by atoms with Gasteiger partial charge < -0.3 is 15.3 Å². The molecular formula is C11H19N3O. The lowest BCUT2D eigenvalue weighted by Crippen LogP contribution is -2.27. The number of imidazole rings is 1. The molecule has 1 saturated heterocycles. The van der Waals surface area contributed by atoms with Crippen molar-refractivity contribution >= 4 is 0 Å². The van der Waals surface area contributed by atoms with Crippen LogP contribution in [0.3, 0.4) is 0 Å². The van der Waals surface area contributed by atoms with Crippen molar-refractivity contribution in [3.63, 3.8) is 0 Å². The molecule has 0 bridgehead atoms. The Balaban J connectivity index is 2.29. The number of aromatic amines is 2. The maximum Gasteiger partial charge on any atom is 0.323 e. The molecule has 2 rings (SSSR count). The van der Waals surface area contributed by atoms with Gasteiger partial charge in [0.25, 0.3) is 0 Å². The summed E-state index contributed by atoms with van der Waals surface area (Å²) in [6.07, 6.45) is 2.24. The molecule has 1 fully saturated rings. The lowest BCUT2D eigenvalue weighted by Gasteiger charge is -2.23. The number of rotatable bonds is 2. The van der Waals surface area contributed by atoms with Crippen LogP contribution in [0.15, 0.2) is 4.79 Å². The summed E-state index contributed by atoms with van der Waals surface area (Å²) in [6.45, 7) is 6.33. The fourth-order valence-electron chi connectivity index (χ4n) is 2.30. The highest BCUT2D eigenvalue weighted by molar-refractivity contribution is 5.20. The topological polar surface area (TPSA) is 60.7 Å². The summed E-state index contributed by atoms with van der Waals surface area (Å²) in [4.78, 5) is 17.2. The van der Waals surface area contributed by atoms with E-state index in [2.05, 4.69) is 29.1 Å². The molecule has 84 valence electrons. The molecule has 0 amide bonds. The predicted octanol–water partition coefficient (Wildman–Crippen LogP) is 1.29. The van der Waals surface area contributed by atoms with Gasteiger partial charge in [-0.15, -0.1) is 0 Å². The number of aromatic nitrogens is 2. The molecule has 2 heterocycles. The van der Waals surface area contributed by atoms with E-state index >= 15 is 0 Å². The summed E-state index contributed by atoms with van der Waals surface area (Å²) in [7, 11) is 0. The Morgan fingerprint density at radius 3 is 2.47 bits per heavy atom. The summed E-state index contributed by atoms with van der Waals surface area (Å²) in [5.74, 6) is 0.899. The molecule has 0 spiro atoms. The normalized spacial score (nSPS) is 18.6. The van der Waals surface area contributed by atoms with Gasteiger partial charge in [0.2, 0.25) is 0 Å². The first kappa shape index (κ1) is 10.5. The second-order valence-electron chi connectivity index (χ2n) is 4.59. The van der Waals surface area contributed by atoms with Crippen LogP contribution in [0.2, 0.25) is 0 Å². The first-order chi connectivity index (χ1) is 7.18. The number of hydrogen-bond acceptors (Lipinski definition) is 2. The van der Waals surface area contributed by atoms with Crippen LogP contribution in [0.1, 0.15) is 49.9 Å². The van der Waals surface area contributed by atoms with Crippen molar-refractivity contribution in [3.05, 3.63) is 21.9 Å². The van der Waals surface area contributed by atoms with Crippen LogP contribution in [0.25, 0.3) is 0 Å². The minimum Gasteiger partial charge on any atom is -0.317 e. The molecule has 3 N–H and O–H groups in total. The van der Waals surface area contributed by atoms with Crippen molar-refractivity contribution < 1.29 is 0 Å². The van der Waals surface area contributed by atoms with E-state index < -0.39 is 0 Å². The zero-order chi connectivity index (χ0) is 10.8. The van der Waals surface area contributed by atoms with Crippen molar-refractivity contribution in [2.75, 3.05) is 13.1 Å². The van der Waals surface area contributed by atoms with Crippen LogP contribution >= 0.6 is 0 Å². The van der Waals surface area contributed by atoms with Gasteiger partial charge in [-0.05, 0) is 31.8 Å². The molecule has 4 nitrogen and oxygen atoms in total. The zero-order valence-electron chi connectivity index (χ0n) is 9.39. The van der Waals surface area contributed by atoms with E-state index in [1.54, 1.807) is 0 Å². The van der Waals surface area contributed by atoms with Crippen LogP contribution in [0.5, 0.6) is 0 Å². The molecule has 1 aliphatic rings. The lowest BCUT2D eigenvalue weighted by atomic mass is 9.91. The highest BCUT2D eigenvalue weighted by atomic mass is 16.1. The van der Waals surface area contributed by atoms with Crippen LogP contribution in [-0.2, 0) is 0 Å². The molecule has 1 aliphatic heterocycles. The summed E-state index contributed by atoms with van der Waals surface area (Å²) in [5.41, 5.74) is 2.16. The van der Waals surface area contributed by atoms with E-state index in [0.29, 0.717) is 11.8 Å². The largest absolute Gasteiger partial charge is 0.323 e. The number of hydrogen-bond donors (Lipinski definition) is 3. The molecule has 0 unspecified atom stereocenters. The van der Waals surface area contributed by atoms with Crippen molar-refractivity contribution in [1.29, 1.82) is 0 Å². The molecular weight excluding hydrogens is 190 g/mol. The van der Waals surface area contributed by atoms with Gasteiger partial charge in [-0.1, -0.05) is 13.8 Å². The third kappa shape index (κ3) is 2.15. The Morgan fingerprint density at radius 2 is 1.87 bits per heavy atom. The Kier molecular flexibility index (Phi) is 2.95. The Hall–Kier alpha value is -1.03. The molecule has 0 saturated carbocycles. The Bertz CT molecular complexity index is 371. The fraction of sp³-hybridized carbons (Fsp3) is 0.727. The SMILES string of the molecule is CC(C)c1[nH]c(=O)[nH]c1C1CCNCC1. The van der Waals surface area contributed by atoms with E-state index in [9.17, 15) is 4.79 Å². The molecule has 1 aromatic heterocycles. The third-order valence-corrected chi connectivity index (χ3v) is 3.11. The molecule has 0 aliphatic carbocycles. The van der Waals surface area contributed by atoms with E-state index in [4.69, 9.17) is 0 Å². The average molecular weight is 209 g/mol. The summed E-state index contributed by atoms with van der Waals surface area (Å²) >= 11 is 0. The predicted molar refractivity (Wildman–Crippen MR) is 60.3 cm³/mol. The van der Waals surface area contributed by atoms with Gasteiger partial charge in [0.15, 0.2) is 0 Å². The van der Waals surface area contributed by atoms with E-state index in [0.717, 1.165) is 37.3 Å². The molecule has 0 atom stereocenters. The van der Waals surface area contributed by atoms with Gasteiger partial charge in [-0.25, -0.2) is 4.79 Å². The van der Waals surface area contributed by atoms with Crippen molar-refractivity contribution in [2.24, 2.45) is 0 Å². The quantitative estimate of drug-likeness (QED) is 0.687. The van der Waals surface area contributed by atoms with Crippen molar-refractivity contribution in [1.82, 2.24) is 15.3 Å². The van der Waals surface area contributed by atoms with Gasteiger partial charge in [-0.2, -0.15) is 0 Å². The average Bonchev–Trinajstić information content (AvgIpc) is 2.62. The number of piperidine rings is 1. The van der Waals surface area contributed by atoms with E-state index in [1.807, 2.05) is 0 Å². The fourth-order valence-corrected chi connectivity index (χ4v) is 2.30. The highest BCUT2D eigenvalue weighted by Gasteiger charge is 2.21. The molecule has 1 aromatic rings. The first-order valence-corrected chi connectivity index (χ1v) is 5.71. The first-order valence-electron chi connectivity index (χ1n) is 5.71. The van der Waals surface area contributed by atoms with Crippen LogP contribution in [-0.4, -0.2) is 23.1 Å². The second kappa shape index (κ2) is 4.23. The minimum absolute atomic E-state index is 0.0627. The zero-order valence-corrected chi connectivity index (χ0v) is 9.39. The maximum atomic E-state index is 11.3. The van der Waals surface area contributed by atoms with E-state index in [-0.39, 0.29) is 5.69 Å². The van der Waals surface area contributed by atoms with Crippen LogP contribution in [0, 0.1) is 0 Å². The lowest BCUT2D eigenvalue weighted by molar-refractivity contribution is 0.450. The second-order valence-corrected chi connectivity index (χ2v) is 4.59. The number of nitrogens with one attached hydrogen (secondary N) is 3. The monoisotopic (exact) mass is 209 g/mol. The molecule has 0 radical (unpaired) electrons. The summed E-state index contributed by atoms with van der Waals surface area (Å²) in [5, 5.41) is 3.34. The van der Waals surface area contributed by atoms with Gasteiger partial charge in [0.05, 0.1) is 0 Å². The van der Waals surface area contributed by atoms with Crippen LogP contribution < -0.4 is 11.0 Å². The maximum absolute atomic E-state index is 11.3. The van der Waals surface area contributed by atoms with Gasteiger partial charge in [-0.3, -0.25) is 0 Å². The van der Waals surface area contributed by atoms with Gasteiger partial charge in [0, 0.05) is 17.3 Å². The Labute approximate surface area is 89.5 Å². The molecule has 4 heteroatoms. The van der Waals surface area contributed by atoms with Gasteiger partial charge >= 0.3 is 5.69 Å². The smallest absolute Gasteiger partial charge is 0.317 e. The van der Waals surface area contributed by atoms with Crippen LogP contribution in [0.4, 0.5) is 0 Å². The molecule has 15 heavy (non-hydrogen) atoms. The highest BCUT2D eigenvalue weighted by Crippen LogP contribution is 2.28. The standard InChI is InChI=1S/C11H19N3O/c1-7(2)9-10(14-11(15)13-9)8-3-5-12-6-4-8/h7-8,12H,3-6H2,1-2H3,(H2,13,14,15). The van der Waals surface area contributed by atoms with E-state index in [1.165, 1.54) is 0 Å². The van der Waals surface area contributed by atoms with Crippen molar-refractivity contribution in [2.45, 2.75) is 38.5 Å².